The summed E-state index contributed by atoms with van der Waals surface area (Å²) in [6.07, 6.45) is 3.49. The van der Waals surface area contributed by atoms with Crippen molar-refractivity contribution in [1.82, 2.24) is 0 Å². The fourth-order valence-corrected chi connectivity index (χ4v) is 4.48. The summed E-state index contributed by atoms with van der Waals surface area (Å²) in [5, 5.41) is 1.31. The molecule has 0 rings (SSSR count). The predicted molar refractivity (Wildman–Crippen MR) is 62.4 cm³/mol. The van der Waals surface area contributed by atoms with Crippen LogP contribution in [0.15, 0.2) is 0 Å². The zero-order chi connectivity index (χ0) is 9.94. The first-order valence-electron chi connectivity index (χ1n) is 5.28. The Labute approximate surface area is 92.7 Å². The van der Waals surface area contributed by atoms with Crippen LogP contribution in [0.4, 0.5) is 0 Å². The van der Waals surface area contributed by atoms with Crippen molar-refractivity contribution in [2.45, 2.75) is 44.4 Å². The molecule has 0 amide bonds. The average molecular weight is 266 g/mol. The van der Waals surface area contributed by atoms with Crippen LogP contribution in [0.25, 0.3) is 0 Å². The van der Waals surface area contributed by atoms with E-state index in [1.165, 1.54) is 17.7 Å². The van der Waals surface area contributed by atoms with Crippen LogP contribution in [0, 0.1) is 0 Å². The fraction of sp³-hybridized carbons (Fsp3) is 1.00. The average Bonchev–Trinajstić information content (AvgIpc) is 2.17. The summed E-state index contributed by atoms with van der Waals surface area (Å²) in [6, 6.07) is 1.19. The van der Waals surface area contributed by atoms with Gasteiger partial charge in [-0.3, -0.25) is 0 Å². The van der Waals surface area contributed by atoms with Gasteiger partial charge >= 0.3 is 92.6 Å². The van der Waals surface area contributed by atoms with Crippen molar-refractivity contribution in [3.63, 3.8) is 0 Å². The molecule has 0 aromatic rings. The maximum atomic E-state index is 5.72. The molecule has 0 radical (unpaired) electrons. The molecule has 13 heavy (non-hydrogen) atoms. The molecular formula is C9H23AsO2Si. The first-order chi connectivity index (χ1) is 6.35. The van der Waals surface area contributed by atoms with Crippen molar-refractivity contribution in [3.8, 4) is 0 Å². The van der Waals surface area contributed by atoms with E-state index < -0.39 is 9.28 Å². The van der Waals surface area contributed by atoms with Gasteiger partial charge in [0.05, 0.1) is 0 Å². The van der Waals surface area contributed by atoms with Crippen LogP contribution >= 0.6 is 0 Å². The summed E-state index contributed by atoms with van der Waals surface area (Å²) < 4.78 is 11.4. The van der Waals surface area contributed by atoms with Crippen LogP contribution in [0.1, 0.15) is 33.1 Å². The van der Waals surface area contributed by atoms with Crippen molar-refractivity contribution < 1.29 is 8.85 Å². The molecular weight excluding hydrogens is 243 g/mol. The van der Waals surface area contributed by atoms with E-state index in [9.17, 15) is 0 Å². The van der Waals surface area contributed by atoms with Gasteiger partial charge in [-0.05, 0) is 0 Å². The Morgan fingerprint density at radius 2 is 1.62 bits per heavy atom. The van der Waals surface area contributed by atoms with E-state index in [-0.39, 0.29) is 0 Å². The third-order valence-electron chi connectivity index (χ3n) is 1.66. The molecule has 1 atom stereocenters. The Morgan fingerprint density at radius 1 is 1.08 bits per heavy atom. The molecule has 0 aromatic heterocycles. The van der Waals surface area contributed by atoms with Gasteiger partial charge in [0.15, 0.2) is 0 Å². The van der Waals surface area contributed by atoms with Crippen molar-refractivity contribution in [3.05, 3.63) is 0 Å². The second kappa shape index (κ2) is 10.8. The molecule has 4 heteroatoms. The van der Waals surface area contributed by atoms with E-state index in [1.807, 2.05) is 16.9 Å². The third kappa shape index (κ3) is 9.01. The molecule has 0 aliphatic carbocycles. The minimum absolute atomic E-state index is 0.884. The molecule has 0 aliphatic rings. The first kappa shape index (κ1) is 13.7. The van der Waals surface area contributed by atoms with Crippen LogP contribution in [-0.2, 0) is 8.85 Å². The summed E-state index contributed by atoms with van der Waals surface area (Å²) in [6.45, 7) is 6.06. The van der Waals surface area contributed by atoms with Crippen molar-refractivity contribution in [1.29, 1.82) is 0 Å². The summed E-state index contributed by atoms with van der Waals surface area (Å²) in [7, 11) is -1.28. The molecule has 0 aromatic carbocycles. The van der Waals surface area contributed by atoms with Crippen molar-refractivity contribution >= 4 is 26.1 Å². The van der Waals surface area contributed by atoms with Crippen LogP contribution in [-0.4, -0.2) is 39.4 Å². The Balaban J connectivity index is 3.47. The molecule has 0 spiro atoms. The van der Waals surface area contributed by atoms with E-state index in [4.69, 9.17) is 8.85 Å². The predicted octanol–water partition coefficient (Wildman–Crippen LogP) is 1.50. The molecule has 2 nitrogen and oxygen atoms in total. The summed E-state index contributed by atoms with van der Waals surface area (Å²) in [5.74, 6) is 0. The van der Waals surface area contributed by atoms with E-state index >= 15 is 0 Å². The fourth-order valence-electron chi connectivity index (χ4n) is 0.998. The Morgan fingerprint density at radius 3 is 2.00 bits per heavy atom. The Bertz CT molecular complexity index is 84.6. The third-order valence-corrected chi connectivity index (χ3v) is 4.61. The molecule has 0 heterocycles. The summed E-state index contributed by atoms with van der Waals surface area (Å²) in [4.78, 5) is 0. The summed E-state index contributed by atoms with van der Waals surface area (Å²) >= 11 is 1.81. The van der Waals surface area contributed by atoms with Crippen molar-refractivity contribution in [2.75, 3.05) is 13.2 Å². The van der Waals surface area contributed by atoms with Gasteiger partial charge in [0.2, 0.25) is 0 Å². The molecule has 0 aliphatic heterocycles. The molecule has 1 unspecified atom stereocenters. The van der Waals surface area contributed by atoms with E-state index in [1.54, 1.807) is 0 Å². The zero-order valence-electron chi connectivity index (χ0n) is 8.92. The van der Waals surface area contributed by atoms with Gasteiger partial charge in [0.1, 0.15) is 0 Å². The van der Waals surface area contributed by atoms with Gasteiger partial charge in [0.25, 0.3) is 0 Å². The monoisotopic (exact) mass is 266 g/mol. The molecule has 0 fully saturated rings. The summed E-state index contributed by atoms with van der Waals surface area (Å²) in [5.41, 5.74) is 0. The zero-order valence-corrected chi connectivity index (χ0v) is 12.5. The Kier molecular flexibility index (Phi) is 11.4. The molecule has 0 saturated heterocycles. The van der Waals surface area contributed by atoms with Crippen molar-refractivity contribution in [2.24, 2.45) is 0 Å². The van der Waals surface area contributed by atoms with Gasteiger partial charge < -0.3 is 0 Å². The molecule has 80 valence electrons. The van der Waals surface area contributed by atoms with Crippen LogP contribution < -0.4 is 0 Å². The van der Waals surface area contributed by atoms with Gasteiger partial charge in [-0.2, -0.15) is 0 Å². The van der Waals surface area contributed by atoms with Gasteiger partial charge in [-0.25, -0.2) is 0 Å². The topological polar surface area (TPSA) is 18.5 Å². The second-order valence-corrected chi connectivity index (χ2v) is 6.42. The van der Waals surface area contributed by atoms with E-state index in [0.29, 0.717) is 0 Å². The quantitative estimate of drug-likeness (QED) is 0.589. The standard InChI is InChI=1S/C9H23AsO2Si/c1-3-7-11-13(9-5-6-10)12-8-4-2/h13H,3-10H2,1-2H3. The Hall–Kier alpha value is 0.695. The first-order valence-corrected chi connectivity index (χ1v) is 8.75. The minimum atomic E-state index is -1.28. The van der Waals surface area contributed by atoms with E-state index in [0.717, 1.165) is 26.1 Å². The van der Waals surface area contributed by atoms with Gasteiger partial charge in [-0.1, -0.05) is 0 Å². The number of rotatable bonds is 9. The number of hydrogen-bond acceptors (Lipinski definition) is 2. The van der Waals surface area contributed by atoms with Crippen LogP contribution in [0.5, 0.6) is 0 Å². The maximum absolute atomic E-state index is 5.72. The molecule has 0 saturated carbocycles. The van der Waals surface area contributed by atoms with Crippen LogP contribution in [0.3, 0.4) is 0 Å². The normalized spacial score (nSPS) is 11.1. The van der Waals surface area contributed by atoms with Crippen LogP contribution in [0.2, 0.25) is 11.3 Å². The van der Waals surface area contributed by atoms with E-state index in [2.05, 4.69) is 13.8 Å². The van der Waals surface area contributed by atoms with Gasteiger partial charge in [-0.15, -0.1) is 0 Å². The number of hydrogen-bond donors (Lipinski definition) is 0. The molecule has 0 N–H and O–H groups in total. The second-order valence-electron chi connectivity index (χ2n) is 3.10. The molecule has 0 bridgehead atoms. The van der Waals surface area contributed by atoms with Gasteiger partial charge in [0, 0.05) is 0 Å². The SMILES string of the molecule is CCCO[SiH](CCC[AsH2])OCCC.